The molecule has 0 N–H and O–H groups in total. The number of fused-ring (bicyclic) bond motifs is 1. The Bertz CT molecular complexity index is 1050. The summed E-state index contributed by atoms with van der Waals surface area (Å²) in [4.78, 5) is 15.6. The minimum absolute atomic E-state index is 0.288. The van der Waals surface area contributed by atoms with E-state index in [1.54, 1.807) is 23.5 Å². The van der Waals surface area contributed by atoms with Crippen LogP contribution in [-0.4, -0.2) is 47.7 Å². The number of nitrogens with zero attached hydrogens (tertiary/aromatic N) is 4. The van der Waals surface area contributed by atoms with Crippen molar-refractivity contribution in [1.29, 1.82) is 0 Å². The zero-order valence-corrected chi connectivity index (χ0v) is 18.3. The van der Waals surface area contributed by atoms with Crippen molar-refractivity contribution in [3.8, 4) is 11.6 Å². The van der Waals surface area contributed by atoms with Gasteiger partial charge in [0.25, 0.3) is 0 Å². The molecule has 4 heterocycles. The van der Waals surface area contributed by atoms with Crippen LogP contribution < -0.4 is 9.64 Å². The van der Waals surface area contributed by atoms with Crippen molar-refractivity contribution in [3.63, 3.8) is 0 Å². The number of morpholine rings is 1. The van der Waals surface area contributed by atoms with Crippen molar-refractivity contribution in [2.45, 2.75) is 26.4 Å². The molecule has 1 aromatic carbocycles. The van der Waals surface area contributed by atoms with Crippen molar-refractivity contribution < 1.29 is 13.9 Å². The summed E-state index contributed by atoms with van der Waals surface area (Å²) in [7, 11) is 0. The fourth-order valence-corrected chi connectivity index (χ4v) is 4.88. The lowest BCUT2D eigenvalue weighted by atomic mass is 10.1. The molecule has 0 bridgehead atoms. The van der Waals surface area contributed by atoms with Crippen LogP contribution in [0.25, 0.3) is 0 Å². The predicted octanol–water partition coefficient (Wildman–Crippen LogP) is 4.17. The van der Waals surface area contributed by atoms with Crippen LogP contribution in [0, 0.1) is 12.7 Å². The highest BCUT2D eigenvalue weighted by Gasteiger charge is 2.26. The number of rotatable bonds is 5. The van der Waals surface area contributed by atoms with Gasteiger partial charge in [-0.05, 0) is 48.2 Å². The maximum Gasteiger partial charge on any atom is 0.229 e. The Morgan fingerprint density at radius 2 is 1.90 bits per heavy atom. The molecule has 2 aliphatic rings. The van der Waals surface area contributed by atoms with Crippen LogP contribution in [0.1, 0.15) is 21.7 Å². The van der Waals surface area contributed by atoms with Gasteiger partial charge in [-0.15, -0.1) is 11.3 Å². The number of benzene rings is 1. The lowest BCUT2D eigenvalue weighted by Crippen LogP contribution is -2.38. The van der Waals surface area contributed by atoms with Gasteiger partial charge in [0.15, 0.2) is 0 Å². The molecule has 0 saturated carbocycles. The topological polar surface area (TPSA) is 50.7 Å². The largest absolute Gasteiger partial charge is 0.438 e. The zero-order chi connectivity index (χ0) is 21.2. The maximum absolute atomic E-state index is 13.4. The fraction of sp³-hybridized carbons (Fsp3) is 0.391. The van der Waals surface area contributed by atoms with E-state index < -0.39 is 0 Å². The highest BCUT2D eigenvalue weighted by molar-refractivity contribution is 7.10. The second-order valence-electron chi connectivity index (χ2n) is 7.90. The predicted molar refractivity (Wildman–Crippen MR) is 118 cm³/mol. The number of aromatic nitrogens is 2. The second-order valence-corrected chi connectivity index (χ2v) is 8.90. The molecular formula is C23H25FN4O2S. The quantitative estimate of drug-likeness (QED) is 0.594. The second kappa shape index (κ2) is 8.90. The lowest BCUT2D eigenvalue weighted by molar-refractivity contribution is 0.122. The van der Waals surface area contributed by atoms with Gasteiger partial charge in [-0.3, -0.25) is 4.90 Å². The summed E-state index contributed by atoms with van der Waals surface area (Å²) >= 11 is 1.80. The maximum atomic E-state index is 13.4. The summed E-state index contributed by atoms with van der Waals surface area (Å²) in [5.41, 5.74) is 3.38. The minimum atomic E-state index is -0.288. The summed E-state index contributed by atoms with van der Waals surface area (Å²) in [6.45, 7) is 7.60. The molecule has 0 amide bonds. The van der Waals surface area contributed by atoms with Crippen molar-refractivity contribution in [2.75, 3.05) is 37.7 Å². The van der Waals surface area contributed by atoms with Crippen LogP contribution in [-0.2, 0) is 24.2 Å². The fourth-order valence-electron chi connectivity index (χ4n) is 3.93. The van der Waals surface area contributed by atoms with Gasteiger partial charge in [-0.25, -0.2) is 9.37 Å². The van der Waals surface area contributed by atoms with Gasteiger partial charge < -0.3 is 14.4 Å². The van der Waals surface area contributed by atoms with E-state index in [2.05, 4.69) is 28.2 Å². The van der Waals surface area contributed by atoms with E-state index in [4.69, 9.17) is 19.4 Å². The van der Waals surface area contributed by atoms with E-state index in [1.165, 1.54) is 22.6 Å². The number of halogens is 1. The number of aryl methyl sites for hydroxylation is 1. The first-order valence-corrected chi connectivity index (χ1v) is 11.4. The molecule has 31 heavy (non-hydrogen) atoms. The molecule has 2 aliphatic heterocycles. The molecule has 0 aliphatic carbocycles. The molecule has 0 radical (unpaired) electrons. The third kappa shape index (κ3) is 4.56. The van der Waals surface area contributed by atoms with Crippen LogP contribution in [0.15, 0.2) is 35.7 Å². The van der Waals surface area contributed by atoms with Crippen molar-refractivity contribution in [3.05, 3.63) is 63.2 Å². The number of anilines is 1. The number of ether oxygens (including phenoxy) is 2. The summed E-state index contributed by atoms with van der Waals surface area (Å²) in [6.07, 6.45) is 0.847. The number of hydrogen-bond donors (Lipinski definition) is 0. The molecule has 5 rings (SSSR count). The van der Waals surface area contributed by atoms with E-state index in [-0.39, 0.29) is 5.82 Å². The standard InChI is InChI=1S/C23H25FN4O2S/c1-16-7-13-31-21(16)15-27-8-6-20-19(14-27)22(30-18-4-2-17(24)3-5-18)26-23(25-20)28-9-11-29-12-10-28/h2-5,7,13H,6,8-12,14-15H2,1H3. The molecular weight excluding hydrogens is 415 g/mol. The zero-order valence-electron chi connectivity index (χ0n) is 17.5. The molecule has 1 fully saturated rings. The lowest BCUT2D eigenvalue weighted by Gasteiger charge is -2.31. The highest BCUT2D eigenvalue weighted by atomic mass is 32.1. The number of thiophene rings is 1. The molecule has 8 heteroatoms. The molecule has 2 aromatic heterocycles. The Morgan fingerprint density at radius 1 is 1.10 bits per heavy atom. The molecule has 0 unspecified atom stereocenters. The summed E-state index contributed by atoms with van der Waals surface area (Å²) in [5, 5.41) is 2.14. The van der Waals surface area contributed by atoms with E-state index >= 15 is 0 Å². The van der Waals surface area contributed by atoms with E-state index in [9.17, 15) is 4.39 Å². The smallest absolute Gasteiger partial charge is 0.229 e. The van der Waals surface area contributed by atoms with Crippen LogP contribution in [0.4, 0.5) is 10.3 Å². The molecule has 6 nitrogen and oxygen atoms in total. The van der Waals surface area contributed by atoms with Crippen molar-refractivity contribution in [2.24, 2.45) is 0 Å². The first kappa shape index (κ1) is 20.4. The van der Waals surface area contributed by atoms with E-state index in [0.717, 1.165) is 50.4 Å². The van der Waals surface area contributed by atoms with Gasteiger partial charge >= 0.3 is 0 Å². The first-order chi connectivity index (χ1) is 15.2. The van der Waals surface area contributed by atoms with Crippen LogP contribution in [0.3, 0.4) is 0 Å². The third-order valence-corrected chi connectivity index (χ3v) is 6.75. The average molecular weight is 441 g/mol. The summed E-state index contributed by atoms with van der Waals surface area (Å²) < 4.78 is 25.0. The number of hydrogen-bond acceptors (Lipinski definition) is 7. The Balaban J connectivity index is 1.46. The van der Waals surface area contributed by atoms with Crippen molar-refractivity contribution in [1.82, 2.24) is 14.9 Å². The van der Waals surface area contributed by atoms with Gasteiger partial charge in [0.1, 0.15) is 11.6 Å². The Morgan fingerprint density at radius 3 is 2.65 bits per heavy atom. The van der Waals surface area contributed by atoms with E-state index in [1.807, 2.05) is 0 Å². The summed E-state index contributed by atoms with van der Waals surface area (Å²) in [5.74, 6) is 1.53. The SMILES string of the molecule is Cc1ccsc1CN1CCc2nc(N3CCOCC3)nc(Oc3ccc(F)cc3)c2C1. The Labute approximate surface area is 185 Å². The summed E-state index contributed by atoms with van der Waals surface area (Å²) in [6, 6.07) is 8.23. The molecule has 1 saturated heterocycles. The van der Waals surface area contributed by atoms with E-state index in [0.29, 0.717) is 30.8 Å². The van der Waals surface area contributed by atoms with Gasteiger partial charge in [0.05, 0.1) is 24.5 Å². The van der Waals surface area contributed by atoms with Gasteiger partial charge in [-0.1, -0.05) is 0 Å². The normalized spacial score (nSPS) is 16.9. The van der Waals surface area contributed by atoms with Crippen LogP contribution in [0.2, 0.25) is 0 Å². The molecule has 162 valence electrons. The van der Waals surface area contributed by atoms with Crippen LogP contribution in [0.5, 0.6) is 11.6 Å². The van der Waals surface area contributed by atoms with Gasteiger partial charge in [-0.2, -0.15) is 4.98 Å². The molecule has 0 spiro atoms. The molecule has 3 aromatic rings. The van der Waals surface area contributed by atoms with Gasteiger partial charge in [0.2, 0.25) is 11.8 Å². The van der Waals surface area contributed by atoms with Crippen LogP contribution >= 0.6 is 11.3 Å². The van der Waals surface area contributed by atoms with Gasteiger partial charge in [0, 0.05) is 44.0 Å². The average Bonchev–Trinajstić information content (AvgIpc) is 3.20. The van der Waals surface area contributed by atoms with Crippen molar-refractivity contribution >= 4 is 17.3 Å². The first-order valence-electron chi connectivity index (χ1n) is 10.6. The highest BCUT2D eigenvalue weighted by Crippen LogP contribution is 2.32. The molecule has 0 atom stereocenters. The monoisotopic (exact) mass is 440 g/mol. The third-order valence-electron chi connectivity index (χ3n) is 5.75. The Kier molecular flexibility index (Phi) is 5.85. The minimum Gasteiger partial charge on any atom is -0.438 e. The Hall–Kier alpha value is -2.55.